The SMILES string of the molecule is CSCc1cc(C(=O)N2CCOC(C(=O)O)C2)ccc1F. The molecule has 1 N–H and O–H groups in total. The van der Waals surface area contributed by atoms with Crippen LogP contribution in [0.1, 0.15) is 15.9 Å². The van der Waals surface area contributed by atoms with Gasteiger partial charge in [-0.05, 0) is 30.0 Å². The minimum Gasteiger partial charge on any atom is -0.479 e. The van der Waals surface area contributed by atoms with Gasteiger partial charge in [-0.3, -0.25) is 4.79 Å². The standard InChI is InChI=1S/C14H16FNO4S/c1-21-8-10-6-9(2-3-11(10)15)13(17)16-4-5-20-12(7-16)14(18)19/h2-3,6,12H,4-5,7-8H2,1H3,(H,18,19). The fourth-order valence-electron chi connectivity index (χ4n) is 2.14. The summed E-state index contributed by atoms with van der Waals surface area (Å²) < 4.78 is 18.7. The lowest BCUT2D eigenvalue weighted by molar-refractivity contribution is -0.154. The van der Waals surface area contributed by atoms with Crippen molar-refractivity contribution in [2.75, 3.05) is 26.0 Å². The summed E-state index contributed by atoms with van der Waals surface area (Å²) in [7, 11) is 0. The molecule has 1 aliphatic rings. The summed E-state index contributed by atoms with van der Waals surface area (Å²) >= 11 is 1.47. The number of thioether (sulfide) groups is 1. The molecular weight excluding hydrogens is 297 g/mol. The van der Waals surface area contributed by atoms with Gasteiger partial charge in [0.15, 0.2) is 6.10 Å². The number of halogens is 1. The number of hydrogen-bond acceptors (Lipinski definition) is 4. The molecule has 0 saturated carbocycles. The van der Waals surface area contributed by atoms with Gasteiger partial charge in [-0.2, -0.15) is 11.8 Å². The van der Waals surface area contributed by atoms with E-state index < -0.39 is 12.1 Å². The molecule has 1 aliphatic heterocycles. The Morgan fingerprint density at radius 1 is 1.52 bits per heavy atom. The lowest BCUT2D eigenvalue weighted by Gasteiger charge is -2.31. The Balaban J connectivity index is 2.15. The number of amides is 1. The molecule has 1 heterocycles. The van der Waals surface area contributed by atoms with E-state index in [1.165, 1.54) is 34.9 Å². The number of aliphatic carboxylic acids is 1. The number of benzene rings is 1. The van der Waals surface area contributed by atoms with Crippen molar-refractivity contribution < 1.29 is 23.8 Å². The molecule has 0 aromatic heterocycles. The summed E-state index contributed by atoms with van der Waals surface area (Å²) in [6.45, 7) is 0.517. The van der Waals surface area contributed by atoms with Gasteiger partial charge in [-0.1, -0.05) is 0 Å². The van der Waals surface area contributed by atoms with Crippen LogP contribution in [0.15, 0.2) is 18.2 Å². The van der Waals surface area contributed by atoms with Crippen LogP contribution >= 0.6 is 11.8 Å². The highest BCUT2D eigenvalue weighted by molar-refractivity contribution is 7.97. The third-order valence-electron chi connectivity index (χ3n) is 3.22. The summed E-state index contributed by atoms with van der Waals surface area (Å²) in [5.41, 5.74) is 0.836. The maximum atomic E-state index is 13.6. The van der Waals surface area contributed by atoms with Gasteiger partial charge in [0.05, 0.1) is 13.2 Å². The Morgan fingerprint density at radius 2 is 2.29 bits per heavy atom. The molecule has 0 spiro atoms. The number of carbonyl (C=O) groups is 2. The number of nitrogens with zero attached hydrogens (tertiary/aromatic N) is 1. The first-order chi connectivity index (χ1) is 10.0. The number of morpholine rings is 1. The Morgan fingerprint density at radius 3 is 2.95 bits per heavy atom. The van der Waals surface area contributed by atoms with E-state index in [1.54, 1.807) is 0 Å². The summed E-state index contributed by atoms with van der Waals surface area (Å²) in [6, 6.07) is 4.22. The van der Waals surface area contributed by atoms with Crippen molar-refractivity contribution >= 4 is 23.6 Å². The second-order valence-corrected chi connectivity index (χ2v) is 5.55. The molecule has 0 bridgehead atoms. The molecule has 7 heteroatoms. The Kier molecular flexibility index (Phi) is 5.19. The van der Waals surface area contributed by atoms with Crippen molar-refractivity contribution in [2.24, 2.45) is 0 Å². The lowest BCUT2D eigenvalue weighted by Crippen LogP contribution is -2.48. The van der Waals surface area contributed by atoms with E-state index in [1.807, 2.05) is 6.26 Å². The van der Waals surface area contributed by atoms with Gasteiger partial charge in [0, 0.05) is 17.9 Å². The highest BCUT2D eigenvalue weighted by Crippen LogP contribution is 2.18. The maximum Gasteiger partial charge on any atom is 0.334 e. The summed E-state index contributed by atoms with van der Waals surface area (Å²) in [5.74, 6) is -1.25. The molecule has 0 aliphatic carbocycles. The molecule has 21 heavy (non-hydrogen) atoms. The molecule has 2 rings (SSSR count). The van der Waals surface area contributed by atoms with E-state index in [-0.39, 0.29) is 24.9 Å². The van der Waals surface area contributed by atoms with Crippen LogP contribution in [0.5, 0.6) is 0 Å². The third kappa shape index (κ3) is 3.74. The van der Waals surface area contributed by atoms with Crippen LogP contribution in [-0.4, -0.2) is 53.9 Å². The van der Waals surface area contributed by atoms with Gasteiger partial charge in [-0.15, -0.1) is 0 Å². The van der Waals surface area contributed by atoms with Gasteiger partial charge < -0.3 is 14.7 Å². The van der Waals surface area contributed by atoms with Crippen LogP contribution in [0.25, 0.3) is 0 Å². The molecule has 0 radical (unpaired) electrons. The predicted octanol–water partition coefficient (Wildman–Crippen LogP) is 1.61. The van der Waals surface area contributed by atoms with Crippen LogP contribution in [0.2, 0.25) is 0 Å². The smallest absolute Gasteiger partial charge is 0.334 e. The molecule has 1 atom stereocenters. The summed E-state index contributed by atoms with van der Waals surface area (Å²) in [6.07, 6.45) is 0.849. The monoisotopic (exact) mass is 313 g/mol. The average molecular weight is 313 g/mol. The first-order valence-corrected chi connectivity index (χ1v) is 7.83. The highest BCUT2D eigenvalue weighted by atomic mass is 32.2. The Bertz CT molecular complexity index is 552. The normalized spacial score (nSPS) is 18.6. The summed E-state index contributed by atoms with van der Waals surface area (Å²) in [4.78, 5) is 24.7. The number of ether oxygens (including phenoxy) is 1. The Labute approximate surface area is 126 Å². The molecule has 1 amide bonds. The third-order valence-corrected chi connectivity index (χ3v) is 3.82. The average Bonchev–Trinajstić information content (AvgIpc) is 2.49. The van der Waals surface area contributed by atoms with Gasteiger partial charge in [0.1, 0.15) is 5.82 Å². The number of rotatable bonds is 4. The molecule has 1 unspecified atom stereocenters. The van der Waals surface area contributed by atoms with Crippen LogP contribution in [-0.2, 0) is 15.3 Å². The minimum atomic E-state index is -1.09. The van der Waals surface area contributed by atoms with Crippen LogP contribution < -0.4 is 0 Å². The second kappa shape index (κ2) is 6.91. The maximum absolute atomic E-state index is 13.6. The minimum absolute atomic E-state index is 0.00338. The fourth-order valence-corrected chi connectivity index (χ4v) is 2.67. The van der Waals surface area contributed by atoms with E-state index in [0.29, 0.717) is 23.4 Å². The zero-order chi connectivity index (χ0) is 15.4. The molecular formula is C14H16FNO4S. The number of carboxylic acids is 1. The van der Waals surface area contributed by atoms with E-state index in [0.717, 1.165) is 0 Å². The largest absolute Gasteiger partial charge is 0.479 e. The fraction of sp³-hybridized carbons (Fsp3) is 0.429. The number of hydrogen-bond donors (Lipinski definition) is 1. The van der Waals surface area contributed by atoms with Crippen molar-refractivity contribution in [3.05, 3.63) is 35.1 Å². The van der Waals surface area contributed by atoms with Crippen molar-refractivity contribution in [1.29, 1.82) is 0 Å². The van der Waals surface area contributed by atoms with Crippen molar-refractivity contribution in [2.45, 2.75) is 11.9 Å². The van der Waals surface area contributed by atoms with Gasteiger partial charge in [-0.25, -0.2) is 9.18 Å². The predicted molar refractivity (Wildman–Crippen MR) is 76.9 cm³/mol. The highest BCUT2D eigenvalue weighted by Gasteiger charge is 2.29. The van der Waals surface area contributed by atoms with Crippen LogP contribution in [0, 0.1) is 5.82 Å². The number of carboxylic acid groups (broad SMARTS) is 1. The molecule has 5 nitrogen and oxygen atoms in total. The van der Waals surface area contributed by atoms with Crippen molar-refractivity contribution in [1.82, 2.24) is 4.90 Å². The van der Waals surface area contributed by atoms with Gasteiger partial charge in [0.2, 0.25) is 0 Å². The molecule has 114 valence electrons. The van der Waals surface area contributed by atoms with E-state index in [2.05, 4.69) is 0 Å². The van der Waals surface area contributed by atoms with E-state index in [9.17, 15) is 14.0 Å². The van der Waals surface area contributed by atoms with Crippen molar-refractivity contribution in [3.63, 3.8) is 0 Å². The zero-order valence-corrected chi connectivity index (χ0v) is 12.4. The molecule has 1 saturated heterocycles. The Hall–Kier alpha value is -1.60. The van der Waals surface area contributed by atoms with Crippen LogP contribution in [0.4, 0.5) is 4.39 Å². The van der Waals surface area contributed by atoms with Gasteiger partial charge in [0.25, 0.3) is 5.91 Å². The topological polar surface area (TPSA) is 66.8 Å². The van der Waals surface area contributed by atoms with Gasteiger partial charge >= 0.3 is 5.97 Å². The second-order valence-electron chi connectivity index (χ2n) is 4.69. The van der Waals surface area contributed by atoms with E-state index in [4.69, 9.17) is 9.84 Å². The van der Waals surface area contributed by atoms with Crippen LogP contribution in [0.3, 0.4) is 0 Å². The molecule has 1 aromatic rings. The van der Waals surface area contributed by atoms with Crippen molar-refractivity contribution in [3.8, 4) is 0 Å². The first kappa shape index (κ1) is 15.8. The number of carbonyl (C=O) groups excluding carboxylic acids is 1. The molecule has 1 fully saturated rings. The zero-order valence-electron chi connectivity index (χ0n) is 11.5. The van der Waals surface area contributed by atoms with E-state index >= 15 is 0 Å². The summed E-state index contributed by atoms with van der Waals surface area (Å²) in [5, 5.41) is 8.94. The quantitative estimate of drug-likeness (QED) is 0.915. The molecule has 1 aromatic carbocycles. The first-order valence-electron chi connectivity index (χ1n) is 6.44. The lowest BCUT2D eigenvalue weighted by atomic mass is 10.1.